The van der Waals surface area contributed by atoms with E-state index in [-0.39, 0.29) is 23.7 Å². The van der Waals surface area contributed by atoms with Gasteiger partial charge in [-0.15, -0.1) is 0 Å². The third-order valence-corrected chi connectivity index (χ3v) is 6.69. The third kappa shape index (κ3) is 4.63. The Bertz CT molecular complexity index is 1160. The predicted octanol–water partition coefficient (Wildman–Crippen LogP) is 5.39. The van der Waals surface area contributed by atoms with E-state index in [2.05, 4.69) is 6.92 Å². The highest BCUT2D eigenvalue weighted by Crippen LogP contribution is 2.26. The number of nitrogens with zero attached hydrogens (tertiary/aromatic N) is 3. The largest absolute Gasteiger partial charge is 0.338 e. The zero-order chi connectivity index (χ0) is 24.2. The number of carbonyl (C=O) groups is 2. The fourth-order valence-electron chi connectivity index (χ4n) is 4.97. The van der Waals surface area contributed by atoms with Gasteiger partial charge in [0.05, 0.1) is 11.3 Å². The van der Waals surface area contributed by atoms with Crippen LogP contribution in [-0.2, 0) is 0 Å². The SMILES string of the molecule is CCCN(C(=O)c1cc(C)n(-c2ccccc2F)c1C)C1CCN(C(=O)c2ccccc2)CC1. The number of carbonyl (C=O) groups excluding carboxylic acids is 2. The van der Waals surface area contributed by atoms with E-state index in [0.717, 1.165) is 30.7 Å². The molecule has 5 nitrogen and oxygen atoms in total. The van der Waals surface area contributed by atoms with Crippen LogP contribution in [0.2, 0.25) is 0 Å². The van der Waals surface area contributed by atoms with E-state index in [1.54, 1.807) is 18.2 Å². The van der Waals surface area contributed by atoms with E-state index in [1.165, 1.54) is 6.07 Å². The molecule has 178 valence electrons. The summed E-state index contributed by atoms with van der Waals surface area (Å²) in [7, 11) is 0. The minimum Gasteiger partial charge on any atom is -0.338 e. The molecule has 2 heterocycles. The van der Waals surface area contributed by atoms with Gasteiger partial charge in [0.15, 0.2) is 0 Å². The van der Waals surface area contributed by atoms with Gasteiger partial charge in [-0.05, 0) is 63.4 Å². The number of rotatable bonds is 6. The lowest BCUT2D eigenvalue weighted by Gasteiger charge is -2.38. The second-order valence-electron chi connectivity index (χ2n) is 8.96. The van der Waals surface area contributed by atoms with Gasteiger partial charge in [0.2, 0.25) is 0 Å². The van der Waals surface area contributed by atoms with Crippen molar-refractivity contribution in [1.29, 1.82) is 0 Å². The van der Waals surface area contributed by atoms with Crippen LogP contribution in [0.1, 0.15) is 58.3 Å². The Kier molecular flexibility index (Phi) is 7.15. The number of aromatic nitrogens is 1. The second-order valence-corrected chi connectivity index (χ2v) is 8.96. The molecule has 2 amide bonds. The Hall–Kier alpha value is -3.41. The number of hydrogen-bond acceptors (Lipinski definition) is 2. The topological polar surface area (TPSA) is 45.6 Å². The van der Waals surface area contributed by atoms with E-state index in [4.69, 9.17) is 0 Å². The van der Waals surface area contributed by atoms with E-state index < -0.39 is 0 Å². The Morgan fingerprint density at radius 1 is 1.00 bits per heavy atom. The molecule has 1 fully saturated rings. The van der Waals surface area contributed by atoms with Crippen LogP contribution < -0.4 is 0 Å². The van der Waals surface area contributed by atoms with Crippen LogP contribution >= 0.6 is 0 Å². The average molecular weight is 462 g/mol. The summed E-state index contributed by atoms with van der Waals surface area (Å²) in [5.74, 6) is -0.296. The zero-order valence-electron chi connectivity index (χ0n) is 20.1. The van der Waals surface area contributed by atoms with Crippen LogP contribution in [-0.4, -0.2) is 51.9 Å². The van der Waals surface area contributed by atoms with Gasteiger partial charge in [-0.3, -0.25) is 9.59 Å². The van der Waals surface area contributed by atoms with E-state index in [9.17, 15) is 14.0 Å². The molecule has 0 aliphatic carbocycles. The quantitative estimate of drug-likeness (QED) is 0.494. The van der Waals surface area contributed by atoms with Gasteiger partial charge in [0.1, 0.15) is 5.82 Å². The maximum Gasteiger partial charge on any atom is 0.255 e. The van der Waals surface area contributed by atoms with Crippen LogP contribution in [0.15, 0.2) is 60.7 Å². The fraction of sp³-hybridized carbons (Fsp3) is 0.357. The zero-order valence-corrected chi connectivity index (χ0v) is 20.1. The number of likely N-dealkylation sites (tertiary alicyclic amines) is 1. The molecule has 0 unspecified atom stereocenters. The van der Waals surface area contributed by atoms with Crippen molar-refractivity contribution in [2.45, 2.75) is 46.1 Å². The molecule has 1 aliphatic heterocycles. The summed E-state index contributed by atoms with van der Waals surface area (Å²) in [6.45, 7) is 7.74. The molecule has 0 radical (unpaired) electrons. The molecular formula is C28H32FN3O2. The van der Waals surface area contributed by atoms with Crippen molar-refractivity contribution in [2.75, 3.05) is 19.6 Å². The molecule has 1 aromatic heterocycles. The normalized spacial score (nSPS) is 14.3. The van der Waals surface area contributed by atoms with Crippen molar-refractivity contribution in [1.82, 2.24) is 14.4 Å². The van der Waals surface area contributed by atoms with Crippen molar-refractivity contribution in [3.05, 3.63) is 89.0 Å². The summed E-state index contributed by atoms with van der Waals surface area (Å²) in [5, 5.41) is 0. The lowest BCUT2D eigenvalue weighted by Crippen LogP contribution is -2.49. The van der Waals surface area contributed by atoms with Crippen molar-refractivity contribution in [2.24, 2.45) is 0 Å². The lowest BCUT2D eigenvalue weighted by atomic mass is 10.0. The van der Waals surface area contributed by atoms with Crippen LogP contribution in [0.4, 0.5) is 4.39 Å². The smallest absolute Gasteiger partial charge is 0.255 e. The fourth-order valence-corrected chi connectivity index (χ4v) is 4.97. The van der Waals surface area contributed by atoms with Crippen LogP contribution in [0.3, 0.4) is 0 Å². The summed E-state index contributed by atoms with van der Waals surface area (Å²) < 4.78 is 16.3. The number of benzene rings is 2. The maximum atomic E-state index is 14.5. The highest BCUT2D eigenvalue weighted by molar-refractivity contribution is 5.96. The Balaban J connectivity index is 1.52. The first-order chi connectivity index (χ1) is 16.4. The van der Waals surface area contributed by atoms with Crippen LogP contribution in [0.25, 0.3) is 5.69 Å². The third-order valence-electron chi connectivity index (χ3n) is 6.69. The number of para-hydroxylation sites is 1. The summed E-state index contributed by atoms with van der Waals surface area (Å²) in [6.07, 6.45) is 2.34. The molecule has 3 aromatic rings. The Morgan fingerprint density at radius 3 is 2.29 bits per heavy atom. The van der Waals surface area contributed by atoms with Gasteiger partial charge in [0.25, 0.3) is 11.8 Å². The first-order valence-corrected chi connectivity index (χ1v) is 12.0. The first kappa shape index (κ1) is 23.7. The van der Waals surface area contributed by atoms with Gasteiger partial charge in [0, 0.05) is 42.6 Å². The number of aryl methyl sites for hydroxylation is 1. The molecule has 0 N–H and O–H groups in total. The molecule has 6 heteroatoms. The molecule has 1 saturated heterocycles. The van der Waals surface area contributed by atoms with Crippen molar-refractivity contribution >= 4 is 11.8 Å². The van der Waals surface area contributed by atoms with Gasteiger partial charge in [-0.1, -0.05) is 37.3 Å². The minimum absolute atomic E-state index is 0.0228. The first-order valence-electron chi connectivity index (χ1n) is 12.0. The van der Waals surface area contributed by atoms with E-state index in [0.29, 0.717) is 36.4 Å². The Morgan fingerprint density at radius 2 is 1.65 bits per heavy atom. The van der Waals surface area contributed by atoms with Crippen LogP contribution in [0.5, 0.6) is 0 Å². The van der Waals surface area contributed by atoms with E-state index >= 15 is 0 Å². The molecule has 1 aliphatic rings. The Labute approximate surface area is 200 Å². The predicted molar refractivity (Wildman–Crippen MR) is 132 cm³/mol. The lowest BCUT2D eigenvalue weighted by molar-refractivity contribution is 0.0519. The molecule has 0 bridgehead atoms. The molecule has 34 heavy (non-hydrogen) atoms. The summed E-state index contributed by atoms with van der Waals surface area (Å²) in [6, 6.07) is 17.9. The second kappa shape index (κ2) is 10.2. The summed E-state index contributed by atoms with van der Waals surface area (Å²) >= 11 is 0. The van der Waals surface area contributed by atoms with Crippen molar-refractivity contribution in [3.8, 4) is 5.69 Å². The number of halogens is 1. The number of amides is 2. The standard InChI is InChI=1S/C28H32FN3O2/c1-4-16-31(23-14-17-30(18-15-23)27(33)22-10-6-5-7-11-22)28(34)24-19-20(2)32(21(24)3)26-13-9-8-12-25(26)29/h5-13,19,23H,4,14-18H2,1-3H3. The van der Waals surface area contributed by atoms with Gasteiger partial charge in [-0.2, -0.15) is 0 Å². The molecule has 4 rings (SSSR count). The van der Waals surface area contributed by atoms with Gasteiger partial charge < -0.3 is 14.4 Å². The van der Waals surface area contributed by atoms with Gasteiger partial charge in [-0.25, -0.2) is 4.39 Å². The maximum absolute atomic E-state index is 14.5. The molecular weight excluding hydrogens is 429 g/mol. The van der Waals surface area contributed by atoms with Gasteiger partial charge >= 0.3 is 0 Å². The van der Waals surface area contributed by atoms with Crippen molar-refractivity contribution in [3.63, 3.8) is 0 Å². The number of hydrogen-bond donors (Lipinski definition) is 0. The molecule has 0 spiro atoms. The summed E-state index contributed by atoms with van der Waals surface area (Å²) in [5.41, 5.74) is 3.32. The molecule has 2 aromatic carbocycles. The highest BCUT2D eigenvalue weighted by atomic mass is 19.1. The van der Waals surface area contributed by atoms with E-state index in [1.807, 2.05) is 64.6 Å². The number of piperidine rings is 1. The van der Waals surface area contributed by atoms with Crippen LogP contribution in [0, 0.1) is 19.7 Å². The minimum atomic E-state index is -0.316. The monoisotopic (exact) mass is 461 g/mol. The molecule has 0 saturated carbocycles. The van der Waals surface area contributed by atoms with Crippen molar-refractivity contribution < 1.29 is 14.0 Å². The average Bonchev–Trinajstić information content (AvgIpc) is 3.16. The summed E-state index contributed by atoms with van der Waals surface area (Å²) in [4.78, 5) is 30.4. The molecule has 0 atom stereocenters. The highest BCUT2D eigenvalue weighted by Gasteiger charge is 2.31.